The number of nitrogens with zero attached hydrogens (tertiary/aromatic N) is 2. The SMILES string of the molecule is C[C@]1(F)[C@H](n2ccc(N)nc2=O)O[C@](N)(CO)[C@H]1O. The van der Waals surface area contributed by atoms with Crippen LogP contribution in [0.5, 0.6) is 0 Å². The third-order valence-corrected chi connectivity index (χ3v) is 3.16. The average molecular weight is 274 g/mol. The van der Waals surface area contributed by atoms with Gasteiger partial charge in [-0.3, -0.25) is 10.3 Å². The van der Waals surface area contributed by atoms with Gasteiger partial charge in [0.05, 0.1) is 6.61 Å². The smallest absolute Gasteiger partial charge is 0.351 e. The molecule has 1 aromatic heterocycles. The molecule has 0 amide bonds. The molecule has 1 saturated heterocycles. The van der Waals surface area contributed by atoms with Crippen molar-refractivity contribution in [3.63, 3.8) is 0 Å². The molecule has 106 valence electrons. The van der Waals surface area contributed by atoms with Crippen LogP contribution < -0.4 is 17.2 Å². The van der Waals surface area contributed by atoms with Gasteiger partial charge in [0, 0.05) is 6.20 Å². The van der Waals surface area contributed by atoms with Crippen molar-refractivity contribution in [1.29, 1.82) is 0 Å². The van der Waals surface area contributed by atoms with Crippen molar-refractivity contribution in [2.24, 2.45) is 5.73 Å². The first kappa shape index (κ1) is 13.9. The van der Waals surface area contributed by atoms with E-state index in [9.17, 15) is 14.3 Å². The number of hydrogen-bond donors (Lipinski definition) is 4. The fourth-order valence-corrected chi connectivity index (χ4v) is 2.06. The highest BCUT2D eigenvalue weighted by atomic mass is 19.1. The molecular formula is C10H15FN4O4. The standard InChI is InChI=1S/C10H15FN4O4/c1-9(11)6(17)10(13,4-16)19-7(9)15-3-2-5(12)14-8(15)18/h2-3,6-7,16-17H,4,13H2,1H3,(H2,12,14,18)/t6-,7+,9+,10+/m0/s1. The average Bonchev–Trinajstić information content (AvgIpc) is 2.51. The predicted octanol–water partition coefficient (Wildman–Crippen LogP) is -1.91. The van der Waals surface area contributed by atoms with Crippen LogP contribution in [0.15, 0.2) is 17.1 Å². The number of rotatable bonds is 2. The molecule has 9 heteroatoms. The Hall–Kier alpha value is -1.55. The van der Waals surface area contributed by atoms with Gasteiger partial charge in [-0.15, -0.1) is 0 Å². The molecular weight excluding hydrogens is 259 g/mol. The molecule has 1 aliphatic heterocycles. The first-order valence-corrected chi connectivity index (χ1v) is 5.51. The summed E-state index contributed by atoms with van der Waals surface area (Å²) in [4.78, 5) is 15.1. The van der Waals surface area contributed by atoms with Crippen molar-refractivity contribution in [3.8, 4) is 0 Å². The summed E-state index contributed by atoms with van der Waals surface area (Å²) in [6, 6.07) is 1.28. The number of anilines is 1. The van der Waals surface area contributed by atoms with Crippen molar-refractivity contribution in [1.82, 2.24) is 9.55 Å². The number of ether oxygens (including phenoxy) is 1. The molecule has 1 aliphatic rings. The Morgan fingerprint density at radius 1 is 1.68 bits per heavy atom. The predicted molar refractivity (Wildman–Crippen MR) is 62.6 cm³/mol. The third kappa shape index (κ3) is 2.00. The first-order valence-electron chi connectivity index (χ1n) is 5.51. The first-order chi connectivity index (χ1) is 8.72. The van der Waals surface area contributed by atoms with E-state index in [0.717, 1.165) is 11.5 Å². The number of alkyl halides is 1. The van der Waals surface area contributed by atoms with Crippen molar-refractivity contribution in [2.45, 2.75) is 30.6 Å². The quantitative estimate of drug-likeness (QED) is 0.494. The van der Waals surface area contributed by atoms with Crippen LogP contribution in [0.25, 0.3) is 0 Å². The second-order valence-corrected chi connectivity index (χ2v) is 4.68. The highest BCUT2D eigenvalue weighted by molar-refractivity contribution is 5.24. The van der Waals surface area contributed by atoms with Crippen LogP contribution >= 0.6 is 0 Å². The van der Waals surface area contributed by atoms with Gasteiger partial charge in [0.25, 0.3) is 0 Å². The van der Waals surface area contributed by atoms with E-state index in [0.29, 0.717) is 0 Å². The molecule has 0 spiro atoms. The number of nitrogen functional groups attached to an aromatic ring is 1. The Morgan fingerprint density at radius 3 is 2.79 bits per heavy atom. The Labute approximate surface area is 107 Å². The number of aliphatic hydroxyl groups is 2. The monoisotopic (exact) mass is 274 g/mol. The molecule has 8 nitrogen and oxygen atoms in total. The van der Waals surface area contributed by atoms with E-state index < -0.39 is 36.0 Å². The molecule has 2 heterocycles. The molecule has 2 rings (SSSR count). The summed E-state index contributed by atoms with van der Waals surface area (Å²) in [5, 5.41) is 18.9. The molecule has 0 aliphatic carbocycles. The summed E-state index contributed by atoms with van der Waals surface area (Å²) in [6.45, 7) is 0.219. The van der Waals surface area contributed by atoms with Crippen LogP contribution in [0.4, 0.5) is 10.2 Å². The zero-order chi connectivity index (χ0) is 14.4. The number of halogens is 1. The maximum atomic E-state index is 14.5. The van der Waals surface area contributed by atoms with Gasteiger partial charge in [-0.05, 0) is 13.0 Å². The summed E-state index contributed by atoms with van der Waals surface area (Å²) in [6.07, 6.45) is -2.14. The number of nitrogens with two attached hydrogens (primary N) is 2. The summed E-state index contributed by atoms with van der Waals surface area (Å²) >= 11 is 0. The van der Waals surface area contributed by atoms with Crippen LogP contribution in [-0.4, -0.2) is 43.9 Å². The van der Waals surface area contributed by atoms with Crippen molar-refractivity contribution in [2.75, 3.05) is 12.3 Å². The zero-order valence-corrected chi connectivity index (χ0v) is 10.2. The second-order valence-electron chi connectivity index (χ2n) is 4.68. The molecule has 1 fully saturated rings. The molecule has 0 saturated carbocycles. The van der Waals surface area contributed by atoms with Gasteiger partial charge in [-0.25, -0.2) is 9.18 Å². The minimum Gasteiger partial charge on any atom is -0.392 e. The largest absolute Gasteiger partial charge is 0.392 e. The minimum atomic E-state index is -2.38. The third-order valence-electron chi connectivity index (χ3n) is 3.16. The fraction of sp³-hybridized carbons (Fsp3) is 0.600. The molecule has 6 N–H and O–H groups in total. The molecule has 0 radical (unpaired) electrons. The number of aromatic nitrogens is 2. The van der Waals surface area contributed by atoms with E-state index in [-0.39, 0.29) is 5.82 Å². The van der Waals surface area contributed by atoms with Gasteiger partial charge in [0.2, 0.25) is 0 Å². The molecule has 1 aromatic rings. The summed E-state index contributed by atoms with van der Waals surface area (Å²) in [5.74, 6) is -0.0264. The zero-order valence-electron chi connectivity index (χ0n) is 10.2. The van der Waals surface area contributed by atoms with E-state index in [1.54, 1.807) is 0 Å². The van der Waals surface area contributed by atoms with Crippen molar-refractivity contribution in [3.05, 3.63) is 22.7 Å². The van der Waals surface area contributed by atoms with Gasteiger partial charge in [0.1, 0.15) is 11.9 Å². The normalized spacial score (nSPS) is 38.6. The molecule has 0 aromatic carbocycles. The topological polar surface area (TPSA) is 137 Å². The maximum absolute atomic E-state index is 14.5. The number of aliphatic hydroxyl groups excluding tert-OH is 2. The van der Waals surface area contributed by atoms with E-state index in [1.807, 2.05) is 0 Å². The van der Waals surface area contributed by atoms with E-state index >= 15 is 0 Å². The lowest BCUT2D eigenvalue weighted by molar-refractivity contribution is -0.126. The van der Waals surface area contributed by atoms with Crippen molar-refractivity contribution >= 4 is 5.82 Å². The van der Waals surface area contributed by atoms with Gasteiger partial charge in [-0.1, -0.05) is 0 Å². The van der Waals surface area contributed by atoms with E-state index in [4.69, 9.17) is 21.3 Å². The summed E-state index contributed by atoms with van der Waals surface area (Å²) in [5.41, 5.74) is 5.68. The molecule has 0 unspecified atom stereocenters. The van der Waals surface area contributed by atoms with E-state index in [1.165, 1.54) is 12.3 Å². The summed E-state index contributed by atoms with van der Waals surface area (Å²) < 4.78 is 20.5. The van der Waals surface area contributed by atoms with Crippen LogP contribution in [0.2, 0.25) is 0 Å². The van der Waals surface area contributed by atoms with Crippen LogP contribution in [0.3, 0.4) is 0 Å². The van der Waals surface area contributed by atoms with Gasteiger partial charge in [-0.2, -0.15) is 4.98 Å². The lowest BCUT2D eigenvalue weighted by atomic mass is 9.95. The van der Waals surface area contributed by atoms with Crippen LogP contribution in [0, 0.1) is 0 Å². The van der Waals surface area contributed by atoms with Gasteiger partial charge >= 0.3 is 5.69 Å². The lowest BCUT2D eigenvalue weighted by Crippen LogP contribution is -2.55. The summed E-state index contributed by atoms with van der Waals surface area (Å²) in [7, 11) is 0. The Kier molecular flexibility index (Phi) is 3.09. The van der Waals surface area contributed by atoms with Crippen LogP contribution in [-0.2, 0) is 4.74 Å². The molecule has 19 heavy (non-hydrogen) atoms. The van der Waals surface area contributed by atoms with E-state index in [2.05, 4.69) is 4.98 Å². The van der Waals surface area contributed by atoms with Gasteiger partial charge in [0.15, 0.2) is 17.6 Å². The highest BCUT2D eigenvalue weighted by Crippen LogP contribution is 2.43. The van der Waals surface area contributed by atoms with Crippen molar-refractivity contribution < 1.29 is 19.3 Å². The maximum Gasteiger partial charge on any atom is 0.351 e. The minimum absolute atomic E-state index is 0.0264. The Morgan fingerprint density at radius 2 is 2.32 bits per heavy atom. The molecule has 0 bridgehead atoms. The highest BCUT2D eigenvalue weighted by Gasteiger charge is 2.61. The Bertz CT molecular complexity index is 549. The second kappa shape index (κ2) is 4.23. The molecule has 4 atom stereocenters. The van der Waals surface area contributed by atoms with Crippen LogP contribution in [0.1, 0.15) is 13.2 Å². The fourth-order valence-electron chi connectivity index (χ4n) is 2.06. The van der Waals surface area contributed by atoms with Gasteiger partial charge < -0.3 is 20.7 Å². The number of hydrogen-bond acceptors (Lipinski definition) is 7. The lowest BCUT2D eigenvalue weighted by Gasteiger charge is -2.26. The Balaban J connectivity index is 2.48.